The molecule has 0 radical (unpaired) electrons. The molecule has 1 aromatic rings. The molecule has 1 aromatic carbocycles. The van der Waals surface area contributed by atoms with E-state index < -0.39 is 18.1 Å². The number of guanidine groups is 1. The summed E-state index contributed by atoms with van der Waals surface area (Å²) in [4.78, 5) is 6.05. The maximum Gasteiger partial charge on any atom is 0.251 e. The average Bonchev–Trinajstić information content (AvgIpc) is 2.57. The molecule has 1 aliphatic heterocycles. The Hall–Kier alpha value is -1.10. The zero-order valence-electron chi connectivity index (χ0n) is 14.7. The lowest BCUT2D eigenvalue weighted by atomic mass is 10.1. The summed E-state index contributed by atoms with van der Waals surface area (Å²) in [6.45, 7) is 3.55. The van der Waals surface area contributed by atoms with Gasteiger partial charge in [-0.05, 0) is 38.0 Å². The molecule has 1 heterocycles. The molecule has 2 rings (SSSR count). The Morgan fingerprint density at radius 2 is 1.96 bits per heavy atom. The third kappa shape index (κ3) is 7.65. The van der Waals surface area contributed by atoms with Gasteiger partial charge in [0, 0.05) is 31.2 Å². The van der Waals surface area contributed by atoms with E-state index in [0.717, 1.165) is 31.0 Å². The van der Waals surface area contributed by atoms with Crippen molar-refractivity contribution in [3.63, 3.8) is 0 Å². The summed E-state index contributed by atoms with van der Waals surface area (Å²) in [6.07, 6.45) is -0.860. The van der Waals surface area contributed by atoms with Crippen molar-refractivity contribution in [1.82, 2.24) is 15.5 Å². The Bertz CT molecular complexity index is 578. The number of likely N-dealkylation sites (tertiary alicyclic amines) is 1. The number of nitrogens with one attached hydrogen (secondary N) is 2. The number of halogens is 5. The van der Waals surface area contributed by atoms with Crippen LogP contribution >= 0.6 is 24.0 Å². The lowest BCUT2D eigenvalue weighted by molar-refractivity contribution is 0.0744. The first-order valence-electron chi connectivity index (χ1n) is 8.47. The van der Waals surface area contributed by atoms with Gasteiger partial charge in [0.05, 0.1) is 13.1 Å². The molecule has 4 nitrogen and oxygen atoms in total. The van der Waals surface area contributed by atoms with Crippen molar-refractivity contribution < 1.29 is 17.6 Å². The minimum Gasteiger partial charge on any atom is -0.357 e. The van der Waals surface area contributed by atoms with Crippen LogP contribution < -0.4 is 10.6 Å². The van der Waals surface area contributed by atoms with Gasteiger partial charge in [0.1, 0.15) is 11.6 Å². The number of hydrogen-bond acceptors (Lipinski definition) is 2. The highest BCUT2D eigenvalue weighted by molar-refractivity contribution is 14.0. The molecule has 0 unspecified atom stereocenters. The molecule has 0 bridgehead atoms. The first kappa shape index (κ1) is 22.9. The number of nitrogens with zero attached hydrogens (tertiary/aromatic N) is 2. The van der Waals surface area contributed by atoms with Gasteiger partial charge in [-0.15, -0.1) is 24.0 Å². The number of aliphatic imine (C=N–C) groups is 1. The molecule has 1 aliphatic rings. The molecule has 0 amide bonds. The largest absolute Gasteiger partial charge is 0.357 e. The number of hydrogen-bond donors (Lipinski definition) is 2. The highest BCUT2D eigenvalue weighted by atomic mass is 127. The monoisotopic (exact) mass is 488 g/mol. The van der Waals surface area contributed by atoms with Crippen molar-refractivity contribution in [2.24, 2.45) is 4.99 Å². The van der Waals surface area contributed by atoms with Gasteiger partial charge in [-0.2, -0.15) is 0 Å². The summed E-state index contributed by atoms with van der Waals surface area (Å²) >= 11 is 0. The van der Waals surface area contributed by atoms with E-state index in [0.29, 0.717) is 25.6 Å². The van der Waals surface area contributed by atoms with Crippen LogP contribution in [0.3, 0.4) is 0 Å². The van der Waals surface area contributed by atoms with E-state index in [-0.39, 0.29) is 48.7 Å². The minimum absolute atomic E-state index is 0. The van der Waals surface area contributed by atoms with Crippen LogP contribution in [0.5, 0.6) is 0 Å². The van der Waals surface area contributed by atoms with E-state index in [1.165, 1.54) is 0 Å². The standard InChI is InChI=1S/C17H24F4N4.HI/c1-2-22-17(23-10-12-9-13(18)3-4-15(12)19)24-14-5-7-25(8-6-14)11-16(20)21;/h3-4,9,14,16H,2,5-8,10-11H2,1H3,(H2,22,23,24);1H. The van der Waals surface area contributed by atoms with Gasteiger partial charge >= 0.3 is 0 Å². The molecule has 0 atom stereocenters. The van der Waals surface area contributed by atoms with Crippen molar-refractivity contribution in [2.45, 2.75) is 38.8 Å². The fourth-order valence-electron chi connectivity index (χ4n) is 2.80. The van der Waals surface area contributed by atoms with Crippen LogP contribution in [0.4, 0.5) is 17.6 Å². The number of alkyl halides is 2. The zero-order valence-corrected chi connectivity index (χ0v) is 17.0. The molecule has 2 N–H and O–H groups in total. The summed E-state index contributed by atoms with van der Waals surface area (Å²) in [7, 11) is 0. The predicted molar refractivity (Wildman–Crippen MR) is 105 cm³/mol. The van der Waals surface area contributed by atoms with Crippen molar-refractivity contribution in [3.05, 3.63) is 35.4 Å². The van der Waals surface area contributed by atoms with Gasteiger partial charge in [-0.25, -0.2) is 22.6 Å². The van der Waals surface area contributed by atoms with Crippen molar-refractivity contribution in [1.29, 1.82) is 0 Å². The summed E-state index contributed by atoms with van der Waals surface area (Å²) in [5.74, 6) is -0.490. The van der Waals surface area contributed by atoms with Crippen LogP contribution in [0, 0.1) is 11.6 Å². The molecule has 9 heteroatoms. The molecule has 0 aromatic heterocycles. The van der Waals surface area contributed by atoms with Crippen LogP contribution in [0.25, 0.3) is 0 Å². The highest BCUT2D eigenvalue weighted by Crippen LogP contribution is 2.13. The first-order valence-corrected chi connectivity index (χ1v) is 8.47. The third-order valence-corrected chi connectivity index (χ3v) is 4.08. The molecule has 148 valence electrons. The van der Waals surface area contributed by atoms with Gasteiger partial charge in [0.15, 0.2) is 5.96 Å². The second-order valence-electron chi connectivity index (χ2n) is 6.04. The predicted octanol–water partition coefficient (Wildman–Crippen LogP) is 3.37. The Balaban J connectivity index is 0.00000338. The van der Waals surface area contributed by atoms with Crippen LogP contribution in [0.15, 0.2) is 23.2 Å². The quantitative estimate of drug-likeness (QED) is 0.279. The van der Waals surface area contributed by atoms with Crippen molar-refractivity contribution in [2.75, 3.05) is 26.2 Å². The maximum absolute atomic E-state index is 13.7. The summed E-state index contributed by atoms with van der Waals surface area (Å²) in [5, 5.41) is 6.31. The van der Waals surface area contributed by atoms with Crippen LogP contribution in [-0.2, 0) is 6.54 Å². The number of piperidine rings is 1. The second-order valence-corrected chi connectivity index (χ2v) is 6.04. The molecular formula is C17H25F4IN4. The Labute approximate surface area is 168 Å². The Morgan fingerprint density at radius 3 is 2.58 bits per heavy atom. The normalized spacial score (nSPS) is 16.5. The third-order valence-electron chi connectivity index (χ3n) is 4.08. The SMILES string of the molecule is CCNC(=NCc1cc(F)ccc1F)NC1CCN(CC(F)F)CC1.I. The van der Waals surface area contributed by atoms with Gasteiger partial charge in [0.2, 0.25) is 0 Å². The highest BCUT2D eigenvalue weighted by Gasteiger charge is 2.22. The van der Waals surface area contributed by atoms with Crippen molar-refractivity contribution in [3.8, 4) is 0 Å². The molecular weight excluding hydrogens is 463 g/mol. The van der Waals surface area contributed by atoms with Gasteiger partial charge in [-0.3, -0.25) is 4.90 Å². The van der Waals surface area contributed by atoms with Gasteiger partial charge < -0.3 is 10.6 Å². The lowest BCUT2D eigenvalue weighted by Gasteiger charge is -2.32. The molecule has 0 spiro atoms. The van der Waals surface area contributed by atoms with Crippen LogP contribution in [0.2, 0.25) is 0 Å². The minimum atomic E-state index is -2.32. The Kier molecular flexibility index (Phi) is 10.2. The topological polar surface area (TPSA) is 39.7 Å². The van der Waals surface area contributed by atoms with E-state index in [4.69, 9.17) is 0 Å². The van der Waals surface area contributed by atoms with E-state index in [1.54, 1.807) is 4.90 Å². The number of benzene rings is 1. The van der Waals surface area contributed by atoms with Crippen LogP contribution in [0.1, 0.15) is 25.3 Å². The summed E-state index contributed by atoms with van der Waals surface area (Å²) in [5.41, 5.74) is 0.184. The molecule has 0 saturated carbocycles. The van der Waals surface area contributed by atoms with E-state index in [9.17, 15) is 17.6 Å². The average molecular weight is 488 g/mol. The molecule has 26 heavy (non-hydrogen) atoms. The fraction of sp³-hybridized carbons (Fsp3) is 0.588. The maximum atomic E-state index is 13.7. The molecule has 1 fully saturated rings. The van der Waals surface area contributed by atoms with Gasteiger partial charge in [-0.1, -0.05) is 0 Å². The smallest absolute Gasteiger partial charge is 0.251 e. The Morgan fingerprint density at radius 1 is 1.27 bits per heavy atom. The van der Waals surface area contributed by atoms with Crippen LogP contribution in [-0.4, -0.2) is 49.5 Å². The lowest BCUT2D eigenvalue weighted by Crippen LogP contribution is -2.49. The molecule has 1 saturated heterocycles. The van der Waals surface area contributed by atoms with Gasteiger partial charge in [0.25, 0.3) is 6.43 Å². The summed E-state index contributed by atoms with van der Waals surface area (Å²) < 4.78 is 51.7. The van der Waals surface area contributed by atoms with E-state index >= 15 is 0 Å². The second kappa shape index (κ2) is 11.6. The van der Waals surface area contributed by atoms with E-state index in [2.05, 4.69) is 15.6 Å². The fourth-order valence-corrected chi connectivity index (χ4v) is 2.80. The zero-order chi connectivity index (χ0) is 18.2. The van der Waals surface area contributed by atoms with E-state index in [1.807, 2.05) is 6.92 Å². The first-order chi connectivity index (χ1) is 12.0. The molecule has 0 aliphatic carbocycles. The van der Waals surface area contributed by atoms with Crippen molar-refractivity contribution >= 4 is 29.9 Å². The summed E-state index contributed by atoms with van der Waals surface area (Å²) in [6, 6.07) is 3.40. The number of rotatable bonds is 6.